The number of amidine groups is 1. The van der Waals surface area contributed by atoms with Gasteiger partial charge in [0.2, 0.25) is 5.84 Å². The number of rotatable bonds is 3. The average molecular weight is 320 g/mol. The minimum Gasteiger partial charge on any atom is -0.322 e. The first kappa shape index (κ1) is 16.0. The van der Waals surface area contributed by atoms with Gasteiger partial charge in [-0.25, -0.2) is 5.32 Å². The lowest BCUT2D eigenvalue weighted by molar-refractivity contribution is -0.464. The molecule has 0 saturated heterocycles. The zero-order valence-corrected chi connectivity index (χ0v) is 14.3. The van der Waals surface area contributed by atoms with Crippen molar-refractivity contribution in [2.24, 2.45) is 0 Å². The number of nitrogens with one attached hydrogen (secondary N) is 2. The number of benzene rings is 2. The number of nitrogens with zero attached hydrogens (tertiary/aromatic N) is 1. The first-order chi connectivity index (χ1) is 11.5. The van der Waals surface area contributed by atoms with Crippen LogP contribution in [-0.2, 0) is 11.2 Å². The molecule has 1 aliphatic rings. The van der Waals surface area contributed by atoms with Crippen LogP contribution in [0.1, 0.15) is 18.1 Å². The molecular weight excluding hydrogens is 298 g/mol. The van der Waals surface area contributed by atoms with E-state index in [1.807, 2.05) is 74.1 Å². The van der Waals surface area contributed by atoms with Crippen LogP contribution < -0.4 is 10.6 Å². The van der Waals surface area contributed by atoms with Gasteiger partial charge in [-0.3, -0.25) is 9.37 Å². The maximum atomic E-state index is 12.4. The number of fused-ring (bicyclic) bond motifs is 1. The predicted octanol–water partition coefficient (Wildman–Crippen LogP) is 3.37. The van der Waals surface area contributed by atoms with Crippen molar-refractivity contribution in [1.29, 1.82) is 0 Å². The van der Waals surface area contributed by atoms with Gasteiger partial charge >= 0.3 is 0 Å². The Bertz CT molecular complexity index is 828. The SMILES string of the molecule is CC(Nc1ccc(NC(=O)C2=Cc3ccccc3C2)cc1)=[N+](C)C. The summed E-state index contributed by atoms with van der Waals surface area (Å²) in [6.45, 7) is 2.01. The van der Waals surface area contributed by atoms with Crippen molar-refractivity contribution in [2.75, 3.05) is 24.7 Å². The van der Waals surface area contributed by atoms with Gasteiger partial charge in [-0.15, -0.1) is 0 Å². The second-order valence-electron chi connectivity index (χ2n) is 6.18. The van der Waals surface area contributed by atoms with Crippen LogP contribution in [-0.4, -0.2) is 30.4 Å². The molecule has 24 heavy (non-hydrogen) atoms. The molecule has 0 aliphatic heterocycles. The third kappa shape index (κ3) is 3.54. The maximum Gasteiger partial charge on any atom is 0.251 e. The van der Waals surface area contributed by atoms with Crippen molar-refractivity contribution in [3.8, 4) is 0 Å². The first-order valence-electron chi connectivity index (χ1n) is 8.01. The van der Waals surface area contributed by atoms with Crippen LogP contribution in [0.5, 0.6) is 0 Å². The molecule has 0 heterocycles. The first-order valence-corrected chi connectivity index (χ1v) is 8.01. The van der Waals surface area contributed by atoms with Crippen molar-refractivity contribution in [2.45, 2.75) is 13.3 Å². The van der Waals surface area contributed by atoms with Crippen molar-refractivity contribution in [3.05, 3.63) is 65.2 Å². The largest absolute Gasteiger partial charge is 0.322 e. The summed E-state index contributed by atoms with van der Waals surface area (Å²) in [7, 11) is 3.98. The van der Waals surface area contributed by atoms with E-state index < -0.39 is 0 Å². The van der Waals surface area contributed by atoms with E-state index in [2.05, 4.69) is 16.7 Å². The number of carbonyl (C=O) groups is 1. The smallest absolute Gasteiger partial charge is 0.251 e. The summed E-state index contributed by atoms with van der Waals surface area (Å²) in [4.78, 5) is 12.4. The van der Waals surface area contributed by atoms with Crippen LogP contribution in [0, 0.1) is 0 Å². The Morgan fingerprint density at radius 2 is 1.58 bits per heavy atom. The predicted molar refractivity (Wildman–Crippen MR) is 99.6 cm³/mol. The second kappa shape index (κ2) is 6.71. The molecule has 2 N–H and O–H groups in total. The quantitative estimate of drug-likeness (QED) is 0.517. The van der Waals surface area contributed by atoms with Gasteiger partial charge in [-0.2, -0.15) is 0 Å². The van der Waals surface area contributed by atoms with Crippen molar-refractivity contribution < 1.29 is 9.37 Å². The van der Waals surface area contributed by atoms with E-state index in [1.165, 1.54) is 5.56 Å². The number of amides is 1. The Balaban J connectivity index is 1.65. The van der Waals surface area contributed by atoms with Crippen LogP contribution in [0.15, 0.2) is 54.1 Å². The molecule has 0 spiro atoms. The Morgan fingerprint density at radius 1 is 0.958 bits per heavy atom. The lowest BCUT2D eigenvalue weighted by Gasteiger charge is -2.07. The summed E-state index contributed by atoms with van der Waals surface area (Å²) in [5, 5.41) is 6.28. The standard InChI is InChI=1S/C20H21N3O/c1-14(23(2)3)21-18-8-10-19(11-9-18)22-20(24)17-12-15-6-4-5-7-16(15)13-17/h4-12H,13H2,1-3H3,(H,22,24)/p+1. The number of hydrogen-bond acceptors (Lipinski definition) is 1. The van der Waals surface area contributed by atoms with E-state index >= 15 is 0 Å². The highest BCUT2D eigenvalue weighted by molar-refractivity contribution is 6.08. The maximum absolute atomic E-state index is 12.4. The molecule has 122 valence electrons. The zero-order valence-electron chi connectivity index (χ0n) is 14.3. The lowest BCUT2D eigenvalue weighted by atomic mass is 10.1. The molecule has 2 aromatic rings. The minimum atomic E-state index is -0.0389. The highest BCUT2D eigenvalue weighted by atomic mass is 16.1. The van der Waals surface area contributed by atoms with Crippen LogP contribution in [0.25, 0.3) is 6.08 Å². The van der Waals surface area contributed by atoms with Gasteiger partial charge in [0.05, 0.1) is 14.1 Å². The highest BCUT2D eigenvalue weighted by Crippen LogP contribution is 2.25. The molecule has 2 aromatic carbocycles. The average Bonchev–Trinajstić information content (AvgIpc) is 3.00. The van der Waals surface area contributed by atoms with Crippen LogP contribution in [0.4, 0.5) is 11.4 Å². The second-order valence-corrected chi connectivity index (χ2v) is 6.18. The highest BCUT2D eigenvalue weighted by Gasteiger charge is 2.18. The minimum absolute atomic E-state index is 0.0389. The molecule has 0 bridgehead atoms. The number of anilines is 2. The monoisotopic (exact) mass is 320 g/mol. The summed E-state index contributed by atoms with van der Waals surface area (Å²) in [6, 6.07) is 15.8. The van der Waals surface area contributed by atoms with Gasteiger partial charge in [0.1, 0.15) is 5.69 Å². The molecule has 0 atom stereocenters. The van der Waals surface area contributed by atoms with E-state index in [9.17, 15) is 4.79 Å². The lowest BCUT2D eigenvalue weighted by Crippen LogP contribution is -2.18. The molecule has 1 aliphatic carbocycles. The summed E-state index contributed by atoms with van der Waals surface area (Å²) < 4.78 is 2.01. The van der Waals surface area contributed by atoms with E-state index in [0.29, 0.717) is 6.42 Å². The van der Waals surface area contributed by atoms with Gasteiger partial charge in [0, 0.05) is 24.6 Å². The molecule has 0 radical (unpaired) electrons. The molecule has 1 amide bonds. The Hall–Kier alpha value is -2.88. The normalized spacial score (nSPS) is 12.2. The van der Waals surface area contributed by atoms with Gasteiger partial charge in [0.15, 0.2) is 0 Å². The molecule has 4 nitrogen and oxygen atoms in total. The molecule has 0 fully saturated rings. The Morgan fingerprint density at radius 3 is 2.21 bits per heavy atom. The number of hydrogen-bond donors (Lipinski definition) is 2. The fourth-order valence-electron chi connectivity index (χ4n) is 2.59. The van der Waals surface area contributed by atoms with E-state index in [0.717, 1.165) is 28.3 Å². The molecular formula is C20H22N3O+. The molecule has 4 heteroatoms. The van der Waals surface area contributed by atoms with Crippen molar-refractivity contribution >= 4 is 29.2 Å². The Labute approximate surface area is 142 Å². The van der Waals surface area contributed by atoms with Crippen LogP contribution in [0.3, 0.4) is 0 Å². The van der Waals surface area contributed by atoms with Crippen LogP contribution >= 0.6 is 0 Å². The van der Waals surface area contributed by atoms with E-state index in [1.54, 1.807) is 0 Å². The van der Waals surface area contributed by atoms with Gasteiger partial charge in [-0.05, 0) is 41.5 Å². The fourth-order valence-corrected chi connectivity index (χ4v) is 2.59. The number of carbonyl (C=O) groups excluding carboxylic acids is 1. The third-order valence-electron chi connectivity index (χ3n) is 4.20. The van der Waals surface area contributed by atoms with Gasteiger partial charge in [-0.1, -0.05) is 24.3 Å². The van der Waals surface area contributed by atoms with E-state index in [-0.39, 0.29) is 5.91 Å². The fraction of sp³-hybridized carbons (Fsp3) is 0.200. The van der Waals surface area contributed by atoms with Crippen LogP contribution in [0.2, 0.25) is 0 Å². The van der Waals surface area contributed by atoms with Crippen molar-refractivity contribution in [3.63, 3.8) is 0 Å². The topological polar surface area (TPSA) is 44.1 Å². The van der Waals surface area contributed by atoms with E-state index in [4.69, 9.17) is 0 Å². The third-order valence-corrected chi connectivity index (χ3v) is 4.20. The zero-order chi connectivity index (χ0) is 17.1. The van der Waals surface area contributed by atoms with Gasteiger partial charge in [0.25, 0.3) is 5.91 Å². The summed E-state index contributed by atoms with van der Waals surface area (Å²) >= 11 is 0. The summed E-state index contributed by atoms with van der Waals surface area (Å²) in [5.74, 6) is 1.02. The molecule has 0 aromatic heterocycles. The molecule has 3 rings (SSSR count). The molecule has 0 saturated carbocycles. The Kier molecular flexibility index (Phi) is 4.47. The summed E-state index contributed by atoms with van der Waals surface area (Å²) in [6.07, 6.45) is 2.66. The molecule has 0 unspecified atom stereocenters. The van der Waals surface area contributed by atoms with Crippen molar-refractivity contribution in [1.82, 2.24) is 0 Å². The summed E-state index contributed by atoms with van der Waals surface area (Å²) in [5.41, 5.74) is 4.93. The van der Waals surface area contributed by atoms with Gasteiger partial charge < -0.3 is 5.32 Å².